The van der Waals surface area contributed by atoms with Crippen LogP contribution in [0.5, 0.6) is 0 Å². The Morgan fingerprint density at radius 3 is 2.22 bits per heavy atom. The molecule has 0 spiro atoms. The van der Waals surface area contributed by atoms with E-state index in [0.29, 0.717) is 24.8 Å². The molecule has 1 aromatic rings. The molecule has 4 rings (SSSR count). The molecule has 1 saturated heterocycles. The molecule has 2 fully saturated rings. The molecule has 4 amide bonds. The van der Waals surface area contributed by atoms with E-state index in [1.807, 2.05) is 19.1 Å². The Morgan fingerprint density at radius 1 is 1.03 bits per heavy atom. The number of benzene rings is 1. The lowest BCUT2D eigenvalue weighted by atomic mass is 9.85. The minimum atomic E-state index is -0.693. The van der Waals surface area contributed by atoms with Crippen LogP contribution >= 0.6 is 0 Å². The number of allylic oxidation sites excluding steroid dienone is 2. The average Bonchev–Trinajstić information content (AvgIpc) is 3.13. The van der Waals surface area contributed by atoms with Crippen LogP contribution in [0.1, 0.15) is 70.3 Å². The third kappa shape index (κ3) is 5.85. The van der Waals surface area contributed by atoms with E-state index in [1.54, 1.807) is 12.1 Å². The van der Waals surface area contributed by atoms with Crippen molar-refractivity contribution in [3.8, 4) is 0 Å². The number of amides is 4. The molecule has 1 N–H and O–H groups in total. The lowest BCUT2D eigenvalue weighted by Crippen LogP contribution is -2.52. The summed E-state index contributed by atoms with van der Waals surface area (Å²) in [6.45, 7) is 2.01. The SMILES string of the molecule is CC[C@@H](C(=O)NC1CCCCC1)N(Cc1ccc(F)cc1)C(=O)CCN1C(=O)[C@H]2CC=CC[C@H]2C1=O. The fraction of sp³-hybridized carbons (Fsp3) is 0.571. The van der Waals surface area contributed by atoms with Crippen LogP contribution in [-0.2, 0) is 25.7 Å². The van der Waals surface area contributed by atoms with Crippen LogP contribution in [0.25, 0.3) is 0 Å². The Morgan fingerprint density at radius 2 is 1.64 bits per heavy atom. The van der Waals surface area contributed by atoms with Gasteiger partial charge in [-0.1, -0.05) is 50.5 Å². The minimum Gasteiger partial charge on any atom is -0.352 e. The molecule has 194 valence electrons. The standard InChI is InChI=1S/C28H36FN3O4/c1-2-24(26(34)30-21-8-4-3-5-9-21)32(18-19-12-14-20(29)15-13-19)25(33)16-17-31-27(35)22-10-6-7-11-23(22)28(31)36/h6-7,12-15,21-24H,2-5,8-11,16-18H2,1H3,(H,30,34)/t22-,23+,24-/m0/s1. The summed E-state index contributed by atoms with van der Waals surface area (Å²) in [7, 11) is 0. The monoisotopic (exact) mass is 497 g/mol. The van der Waals surface area contributed by atoms with E-state index in [9.17, 15) is 23.6 Å². The van der Waals surface area contributed by atoms with Crippen molar-refractivity contribution in [2.75, 3.05) is 6.54 Å². The molecule has 36 heavy (non-hydrogen) atoms. The Hall–Kier alpha value is -3.03. The lowest BCUT2D eigenvalue weighted by molar-refractivity contribution is -0.144. The number of carbonyl (C=O) groups excluding carboxylic acids is 4. The van der Waals surface area contributed by atoms with E-state index < -0.39 is 6.04 Å². The van der Waals surface area contributed by atoms with Gasteiger partial charge in [0, 0.05) is 25.6 Å². The van der Waals surface area contributed by atoms with E-state index in [-0.39, 0.29) is 66.8 Å². The summed E-state index contributed by atoms with van der Waals surface area (Å²) in [5.41, 5.74) is 0.707. The molecule has 0 bridgehead atoms. The highest BCUT2D eigenvalue weighted by Gasteiger charge is 2.47. The van der Waals surface area contributed by atoms with Crippen LogP contribution in [-0.4, -0.2) is 52.1 Å². The van der Waals surface area contributed by atoms with Gasteiger partial charge in [0.05, 0.1) is 11.8 Å². The van der Waals surface area contributed by atoms with Gasteiger partial charge in [-0.05, 0) is 49.8 Å². The predicted molar refractivity (Wildman–Crippen MR) is 133 cm³/mol. The van der Waals surface area contributed by atoms with E-state index in [2.05, 4.69) is 5.32 Å². The third-order valence-corrected chi connectivity index (χ3v) is 7.75. The first-order chi connectivity index (χ1) is 17.4. The van der Waals surface area contributed by atoms with E-state index >= 15 is 0 Å². The first-order valence-corrected chi connectivity index (χ1v) is 13.2. The number of fused-ring (bicyclic) bond motifs is 1. The molecule has 0 radical (unpaired) electrons. The second-order valence-corrected chi connectivity index (χ2v) is 10.1. The molecular weight excluding hydrogens is 461 g/mol. The van der Waals surface area contributed by atoms with Crippen molar-refractivity contribution in [3.63, 3.8) is 0 Å². The smallest absolute Gasteiger partial charge is 0.243 e. The highest BCUT2D eigenvalue weighted by molar-refractivity contribution is 6.05. The largest absolute Gasteiger partial charge is 0.352 e. The maximum Gasteiger partial charge on any atom is 0.243 e. The van der Waals surface area contributed by atoms with Gasteiger partial charge in [-0.25, -0.2) is 4.39 Å². The zero-order valence-corrected chi connectivity index (χ0v) is 21.0. The molecular formula is C28H36FN3O4. The number of hydrogen-bond donors (Lipinski definition) is 1. The van der Waals surface area contributed by atoms with Crippen molar-refractivity contribution in [1.29, 1.82) is 0 Å². The van der Waals surface area contributed by atoms with Crippen molar-refractivity contribution in [2.45, 2.75) is 83.3 Å². The molecule has 3 atom stereocenters. The van der Waals surface area contributed by atoms with Crippen LogP contribution in [0, 0.1) is 17.7 Å². The summed E-state index contributed by atoms with van der Waals surface area (Å²) < 4.78 is 13.5. The number of hydrogen-bond acceptors (Lipinski definition) is 4. The maximum atomic E-state index is 13.5. The number of carbonyl (C=O) groups is 4. The fourth-order valence-electron chi connectivity index (χ4n) is 5.69. The van der Waals surface area contributed by atoms with Gasteiger partial charge in [0.2, 0.25) is 23.6 Å². The Balaban J connectivity index is 1.47. The number of halogens is 1. The normalized spacial score (nSPS) is 22.9. The van der Waals surface area contributed by atoms with Crippen molar-refractivity contribution in [3.05, 3.63) is 47.8 Å². The Labute approximate surface area is 212 Å². The summed E-state index contributed by atoms with van der Waals surface area (Å²) >= 11 is 0. The summed E-state index contributed by atoms with van der Waals surface area (Å²) in [6.07, 6.45) is 10.5. The van der Waals surface area contributed by atoms with Gasteiger partial charge < -0.3 is 10.2 Å². The Kier molecular flexibility index (Phi) is 8.54. The molecule has 1 aromatic carbocycles. The van der Waals surface area contributed by atoms with Gasteiger partial charge >= 0.3 is 0 Å². The molecule has 7 nitrogen and oxygen atoms in total. The second-order valence-electron chi connectivity index (χ2n) is 10.1. The van der Waals surface area contributed by atoms with Crippen molar-refractivity contribution in [1.82, 2.24) is 15.1 Å². The molecule has 0 aromatic heterocycles. The summed E-state index contributed by atoms with van der Waals surface area (Å²) in [6, 6.07) is 5.29. The van der Waals surface area contributed by atoms with E-state index in [0.717, 1.165) is 25.7 Å². The first-order valence-electron chi connectivity index (χ1n) is 13.2. The van der Waals surface area contributed by atoms with Gasteiger partial charge in [0.25, 0.3) is 0 Å². The van der Waals surface area contributed by atoms with Crippen molar-refractivity contribution < 1.29 is 23.6 Å². The zero-order valence-electron chi connectivity index (χ0n) is 21.0. The Bertz CT molecular complexity index is 977. The fourth-order valence-corrected chi connectivity index (χ4v) is 5.69. The van der Waals surface area contributed by atoms with Gasteiger partial charge in [-0.2, -0.15) is 0 Å². The predicted octanol–water partition coefficient (Wildman–Crippen LogP) is 3.72. The summed E-state index contributed by atoms with van der Waals surface area (Å²) in [5, 5.41) is 3.13. The highest BCUT2D eigenvalue weighted by Crippen LogP contribution is 2.35. The van der Waals surface area contributed by atoms with Crippen LogP contribution in [0.3, 0.4) is 0 Å². The molecule has 0 unspecified atom stereocenters. The molecule has 8 heteroatoms. The van der Waals surface area contributed by atoms with Gasteiger partial charge in [-0.3, -0.25) is 24.1 Å². The highest BCUT2D eigenvalue weighted by atomic mass is 19.1. The minimum absolute atomic E-state index is 0.00406. The quantitative estimate of drug-likeness (QED) is 0.416. The van der Waals surface area contributed by atoms with Crippen LogP contribution in [0.2, 0.25) is 0 Å². The lowest BCUT2D eigenvalue weighted by Gasteiger charge is -2.33. The zero-order chi connectivity index (χ0) is 25.7. The van der Waals surface area contributed by atoms with Crippen molar-refractivity contribution in [2.24, 2.45) is 11.8 Å². The van der Waals surface area contributed by atoms with Crippen LogP contribution in [0.4, 0.5) is 4.39 Å². The summed E-state index contributed by atoms with van der Waals surface area (Å²) in [4.78, 5) is 55.2. The number of nitrogens with zero attached hydrogens (tertiary/aromatic N) is 2. The number of likely N-dealkylation sites (tertiary alicyclic amines) is 1. The molecule has 1 saturated carbocycles. The second kappa shape index (κ2) is 11.8. The first kappa shape index (κ1) is 26.0. The molecule has 1 aliphatic heterocycles. The maximum absolute atomic E-state index is 13.5. The molecule has 1 heterocycles. The van der Waals surface area contributed by atoms with E-state index in [1.165, 1.54) is 28.4 Å². The van der Waals surface area contributed by atoms with E-state index in [4.69, 9.17) is 0 Å². The molecule has 2 aliphatic carbocycles. The number of imide groups is 1. The topological polar surface area (TPSA) is 86.8 Å². The number of rotatable bonds is 9. The number of nitrogens with one attached hydrogen (secondary N) is 1. The summed E-state index contributed by atoms with van der Waals surface area (Å²) in [5.74, 6) is -1.97. The van der Waals surface area contributed by atoms with Gasteiger partial charge in [0.15, 0.2) is 0 Å². The van der Waals surface area contributed by atoms with Crippen molar-refractivity contribution >= 4 is 23.6 Å². The third-order valence-electron chi connectivity index (χ3n) is 7.75. The van der Waals surface area contributed by atoms with Gasteiger partial charge in [0.1, 0.15) is 11.9 Å². The average molecular weight is 498 g/mol. The van der Waals surface area contributed by atoms with Gasteiger partial charge in [-0.15, -0.1) is 0 Å². The molecule has 3 aliphatic rings. The van der Waals surface area contributed by atoms with Crippen LogP contribution < -0.4 is 5.32 Å². The van der Waals surface area contributed by atoms with Crippen LogP contribution in [0.15, 0.2) is 36.4 Å².